The molecule has 1 aliphatic rings. The van der Waals surface area contributed by atoms with Gasteiger partial charge in [0, 0.05) is 29.8 Å². The Morgan fingerprint density at radius 2 is 1.77 bits per heavy atom. The second-order valence-electron chi connectivity index (χ2n) is 6.99. The molecule has 2 amide bonds. The fourth-order valence-corrected chi connectivity index (χ4v) is 3.33. The fraction of sp³-hybridized carbons (Fsp3) is 0.273. The second kappa shape index (κ2) is 10.2. The first-order valence-electron chi connectivity index (χ1n) is 9.61. The number of benzene rings is 2. The number of hydrogen-bond donors (Lipinski definition) is 1. The highest BCUT2D eigenvalue weighted by atomic mass is 35.5. The summed E-state index contributed by atoms with van der Waals surface area (Å²) < 4.78 is 18.5. The standard InChI is InChI=1S/C22H20ClFN2O5/c23-11-10-18(20(28)14-6-8-17(24)9-7-14)31-22(30)16-12-19(27)26(13-16)25-21(29)15-4-2-1-3-5-15/h1-9,16,18H,10-13H2,(H,25,29)/t16-,18-/m1/s1. The van der Waals surface area contributed by atoms with Crippen molar-refractivity contribution in [3.63, 3.8) is 0 Å². The zero-order valence-electron chi connectivity index (χ0n) is 16.4. The van der Waals surface area contributed by atoms with Crippen LogP contribution in [-0.4, -0.2) is 47.1 Å². The van der Waals surface area contributed by atoms with Crippen LogP contribution in [0.4, 0.5) is 4.39 Å². The molecule has 0 radical (unpaired) electrons. The minimum atomic E-state index is -1.15. The van der Waals surface area contributed by atoms with E-state index in [2.05, 4.69) is 5.43 Å². The van der Waals surface area contributed by atoms with Crippen LogP contribution in [-0.2, 0) is 14.3 Å². The number of nitrogens with one attached hydrogen (secondary N) is 1. The van der Waals surface area contributed by atoms with Gasteiger partial charge in [-0.3, -0.25) is 29.6 Å². The third-order valence-electron chi connectivity index (χ3n) is 4.78. The van der Waals surface area contributed by atoms with Gasteiger partial charge in [0.15, 0.2) is 6.10 Å². The lowest BCUT2D eigenvalue weighted by molar-refractivity contribution is -0.151. The summed E-state index contributed by atoms with van der Waals surface area (Å²) in [6, 6.07) is 13.2. The molecule has 3 rings (SSSR count). The first kappa shape index (κ1) is 22.4. The van der Waals surface area contributed by atoms with Gasteiger partial charge in [0.05, 0.1) is 12.5 Å². The van der Waals surface area contributed by atoms with Gasteiger partial charge in [-0.05, 0) is 36.4 Å². The molecule has 1 heterocycles. The van der Waals surface area contributed by atoms with E-state index in [0.717, 1.165) is 17.1 Å². The number of ketones is 1. The van der Waals surface area contributed by atoms with Crippen molar-refractivity contribution in [1.82, 2.24) is 10.4 Å². The highest BCUT2D eigenvalue weighted by Gasteiger charge is 2.38. The molecule has 0 bridgehead atoms. The van der Waals surface area contributed by atoms with Crippen molar-refractivity contribution in [2.24, 2.45) is 5.92 Å². The molecule has 2 aromatic carbocycles. The molecule has 0 aromatic heterocycles. The topological polar surface area (TPSA) is 92.8 Å². The molecule has 9 heteroatoms. The lowest BCUT2D eigenvalue weighted by Crippen LogP contribution is -2.43. The Morgan fingerprint density at radius 1 is 1.10 bits per heavy atom. The number of amides is 2. The molecule has 0 aliphatic carbocycles. The molecule has 1 fully saturated rings. The number of rotatable bonds is 8. The summed E-state index contributed by atoms with van der Waals surface area (Å²) in [4.78, 5) is 49.7. The highest BCUT2D eigenvalue weighted by Crippen LogP contribution is 2.21. The molecule has 162 valence electrons. The van der Waals surface area contributed by atoms with Gasteiger partial charge in [0.25, 0.3) is 5.91 Å². The van der Waals surface area contributed by atoms with Gasteiger partial charge < -0.3 is 4.74 Å². The van der Waals surface area contributed by atoms with Gasteiger partial charge >= 0.3 is 5.97 Å². The maximum Gasteiger partial charge on any atom is 0.312 e. The maximum atomic E-state index is 13.1. The summed E-state index contributed by atoms with van der Waals surface area (Å²) in [5.74, 6) is -3.44. The lowest BCUT2D eigenvalue weighted by atomic mass is 10.0. The predicted molar refractivity (Wildman–Crippen MR) is 110 cm³/mol. The van der Waals surface area contributed by atoms with Gasteiger partial charge in [0.2, 0.25) is 11.7 Å². The van der Waals surface area contributed by atoms with Crippen molar-refractivity contribution >= 4 is 35.2 Å². The zero-order chi connectivity index (χ0) is 22.4. The molecule has 1 aliphatic heterocycles. The molecule has 2 aromatic rings. The normalized spacial score (nSPS) is 16.6. The summed E-state index contributed by atoms with van der Waals surface area (Å²) in [7, 11) is 0. The third-order valence-corrected chi connectivity index (χ3v) is 5.00. The van der Waals surface area contributed by atoms with Crippen LogP contribution in [0.15, 0.2) is 54.6 Å². The van der Waals surface area contributed by atoms with Crippen LogP contribution in [0.25, 0.3) is 0 Å². The van der Waals surface area contributed by atoms with Gasteiger partial charge in [0.1, 0.15) is 5.82 Å². The van der Waals surface area contributed by atoms with Crippen LogP contribution in [0.5, 0.6) is 0 Å². The summed E-state index contributed by atoms with van der Waals surface area (Å²) in [5.41, 5.74) is 3.03. The first-order valence-corrected chi connectivity index (χ1v) is 10.1. The van der Waals surface area contributed by atoms with E-state index in [4.69, 9.17) is 16.3 Å². The van der Waals surface area contributed by atoms with E-state index >= 15 is 0 Å². The van der Waals surface area contributed by atoms with E-state index in [1.165, 1.54) is 12.1 Å². The molecule has 1 N–H and O–H groups in total. The molecular weight excluding hydrogens is 427 g/mol. The summed E-state index contributed by atoms with van der Waals surface area (Å²) in [5, 5.41) is 1.07. The fourth-order valence-electron chi connectivity index (χ4n) is 3.13. The van der Waals surface area contributed by atoms with Crippen molar-refractivity contribution in [3.05, 3.63) is 71.5 Å². The van der Waals surface area contributed by atoms with Crippen LogP contribution >= 0.6 is 11.6 Å². The molecular formula is C22H20ClFN2O5. The van der Waals surface area contributed by atoms with Crippen molar-refractivity contribution < 1.29 is 28.3 Å². The average molecular weight is 447 g/mol. The number of carbonyl (C=O) groups excluding carboxylic acids is 4. The van der Waals surface area contributed by atoms with E-state index in [0.29, 0.717) is 5.56 Å². The van der Waals surface area contributed by atoms with E-state index in [1.54, 1.807) is 30.3 Å². The quantitative estimate of drug-likeness (QED) is 0.382. The minimum absolute atomic E-state index is 0.0632. The molecule has 0 unspecified atom stereocenters. The number of halogens is 2. The Morgan fingerprint density at radius 3 is 2.42 bits per heavy atom. The van der Waals surface area contributed by atoms with Crippen molar-refractivity contribution in [2.75, 3.05) is 12.4 Å². The Bertz CT molecular complexity index is 968. The Labute approximate surface area is 183 Å². The van der Waals surface area contributed by atoms with Gasteiger partial charge in [-0.1, -0.05) is 18.2 Å². The number of carbonyl (C=O) groups is 4. The highest BCUT2D eigenvalue weighted by molar-refractivity contribution is 6.18. The number of nitrogens with zero attached hydrogens (tertiary/aromatic N) is 1. The number of hydrazine groups is 1. The van der Waals surface area contributed by atoms with Crippen molar-refractivity contribution in [2.45, 2.75) is 18.9 Å². The Balaban J connectivity index is 1.62. The average Bonchev–Trinajstić information content (AvgIpc) is 3.14. The van der Waals surface area contributed by atoms with Gasteiger partial charge in [-0.2, -0.15) is 0 Å². The molecule has 7 nitrogen and oxygen atoms in total. The van der Waals surface area contributed by atoms with Gasteiger partial charge in [-0.25, -0.2) is 4.39 Å². The summed E-state index contributed by atoms with van der Waals surface area (Å²) >= 11 is 5.74. The number of Topliss-reactive ketones (excluding diaryl/α,β-unsaturated/α-hetero) is 1. The van der Waals surface area contributed by atoms with E-state index < -0.39 is 41.4 Å². The summed E-state index contributed by atoms with van der Waals surface area (Å²) in [6.07, 6.45) is -1.25. The monoisotopic (exact) mass is 446 g/mol. The minimum Gasteiger partial charge on any atom is -0.454 e. The van der Waals surface area contributed by atoms with E-state index in [9.17, 15) is 23.6 Å². The first-order chi connectivity index (χ1) is 14.9. The van der Waals surface area contributed by atoms with Crippen LogP contribution in [0.3, 0.4) is 0 Å². The smallest absolute Gasteiger partial charge is 0.312 e. The molecule has 2 atom stereocenters. The zero-order valence-corrected chi connectivity index (χ0v) is 17.2. The van der Waals surface area contributed by atoms with E-state index in [1.807, 2.05) is 0 Å². The number of hydrogen-bond acceptors (Lipinski definition) is 5. The Hall–Kier alpha value is -3.26. The maximum absolute atomic E-state index is 13.1. The predicted octanol–water partition coefficient (Wildman–Crippen LogP) is 2.74. The second-order valence-corrected chi connectivity index (χ2v) is 7.36. The number of ether oxygens (including phenoxy) is 1. The van der Waals surface area contributed by atoms with Crippen molar-refractivity contribution in [1.29, 1.82) is 0 Å². The third kappa shape index (κ3) is 5.67. The molecule has 0 spiro atoms. The number of esters is 1. The molecule has 1 saturated heterocycles. The van der Waals surface area contributed by atoms with Crippen LogP contribution < -0.4 is 5.43 Å². The van der Waals surface area contributed by atoms with Crippen LogP contribution in [0, 0.1) is 11.7 Å². The summed E-state index contributed by atoms with van der Waals surface area (Å²) in [6.45, 7) is -0.0748. The van der Waals surface area contributed by atoms with Crippen molar-refractivity contribution in [3.8, 4) is 0 Å². The lowest BCUT2D eigenvalue weighted by Gasteiger charge is -2.19. The van der Waals surface area contributed by atoms with Crippen LogP contribution in [0.2, 0.25) is 0 Å². The SMILES string of the molecule is O=C(NN1C[C@H](C(=O)O[C@H](CCCl)C(=O)c2ccc(F)cc2)CC1=O)c1ccccc1. The van der Waals surface area contributed by atoms with E-state index in [-0.39, 0.29) is 30.8 Å². The number of alkyl halides is 1. The van der Waals surface area contributed by atoms with Crippen LogP contribution in [0.1, 0.15) is 33.6 Å². The Kier molecular flexibility index (Phi) is 7.36. The molecule has 31 heavy (non-hydrogen) atoms. The molecule has 0 saturated carbocycles. The van der Waals surface area contributed by atoms with Gasteiger partial charge in [-0.15, -0.1) is 11.6 Å². The largest absolute Gasteiger partial charge is 0.454 e.